The first-order valence-corrected chi connectivity index (χ1v) is 6.73. The minimum Gasteiger partial charge on any atom is -0.497 e. The first kappa shape index (κ1) is 14.4. The molecule has 0 radical (unpaired) electrons. The Kier molecular flexibility index (Phi) is 4.63. The summed E-state index contributed by atoms with van der Waals surface area (Å²) in [5, 5.41) is 17.0. The highest BCUT2D eigenvalue weighted by molar-refractivity contribution is 5.63. The molecule has 108 valence electrons. The van der Waals surface area contributed by atoms with E-state index >= 15 is 0 Å². The number of methoxy groups -OCH3 is 1. The number of hydrogen-bond donors (Lipinski definition) is 2. The van der Waals surface area contributed by atoms with Crippen molar-refractivity contribution in [2.24, 2.45) is 0 Å². The fourth-order valence-electron chi connectivity index (χ4n) is 1.96. The summed E-state index contributed by atoms with van der Waals surface area (Å²) in [5.74, 6) is 1.65. The maximum absolute atomic E-state index is 9.68. The smallest absolute Gasteiger partial charge is 0.150 e. The number of likely N-dealkylation sites (N-methyl/N-ethyl adjacent to an activating group) is 1. The van der Waals surface area contributed by atoms with Crippen molar-refractivity contribution in [1.82, 2.24) is 10.2 Å². The van der Waals surface area contributed by atoms with Gasteiger partial charge in [0.2, 0.25) is 0 Å². The Hall–Kier alpha value is -2.01. The van der Waals surface area contributed by atoms with E-state index in [2.05, 4.69) is 10.2 Å². The Labute approximate surface area is 119 Å². The monoisotopic (exact) mass is 275 g/mol. The van der Waals surface area contributed by atoms with Crippen LogP contribution in [0.4, 0.5) is 5.82 Å². The number of aliphatic hydroxyl groups excluding tert-OH is 1. The Bertz CT molecular complexity index is 536. The Morgan fingerprint density at radius 2 is 2.05 bits per heavy atom. The molecule has 1 aromatic heterocycles. The lowest BCUT2D eigenvalue weighted by atomic mass is 10.1. The molecule has 0 aliphatic heterocycles. The summed E-state index contributed by atoms with van der Waals surface area (Å²) in [6.07, 6.45) is 0.404. The molecule has 0 aliphatic carbocycles. The zero-order valence-corrected chi connectivity index (χ0v) is 12.1. The number of anilines is 1. The van der Waals surface area contributed by atoms with Crippen LogP contribution in [0.1, 0.15) is 13.3 Å². The molecule has 5 nitrogen and oxygen atoms in total. The summed E-state index contributed by atoms with van der Waals surface area (Å²) >= 11 is 0. The molecule has 1 aromatic carbocycles. The molecule has 0 aliphatic rings. The number of nitrogens with one attached hydrogen (secondary N) is 1. The Morgan fingerprint density at radius 1 is 1.35 bits per heavy atom. The summed E-state index contributed by atoms with van der Waals surface area (Å²) < 4.78 is 5.14. The van der Waals surface area contributed by atoms with Gasteiger partial charge in [0.25, 0.3) is 0 Å². The van der Waals surface area contributed by atoms with Gasteiger partial charge in [-0.1, -0.05) is 6.92 Å². The van der Waals surface area contributed by atoms with Gasteiger partial charge >= 0.3 is 0 Å². The van der Waals surface area contributed by atoms with E-state index < -0.39 is 0 Å². The van der Waals surface area contributed by atoms with Crippen molar-refractivity contribution < 1.29 is 9.84 Å². The first-order valence-electron chi connectivity index (χ1n) is 6.73. The van der Waals surface area contributed by atoms with Gasteiger partial charge in [0, 0.05) is 19.7 Å². The number of H-pyrrole nitrogens is 1. The SMILES string of the molecule is CC[C@@H](O)CN(C)c1cc(-c2ccc(OC)cc2)[nH]n1. The largest absolute Gasteiger partial charge is 0.497 e. The van der Waals surface area contributed by atoms with Crippen molar-refractivity contribution in [3.8, 4) is 17.0 Å². The topological polar surface area (TPSA) is 61.4 Å². The van der Waals surface area contributed by atoms with E-state index in [1.165, 1.54) is 0 Å². The van der Waals surface area contributed by atoms with Crippen LogP contribution in [0.15, 0.2) is 30.3 Å². The van der Waals surface area contributed by atoms with Crippen LogP contribution in [-0.4, -0.2) is 42.1 Å². The predicted molar refractivity (Wildman–Crippen MR) is 80.1 cm³/mol. The van der Waals surface area contributed by atoms with E-state index in [4.69, 9.17) is 4.74 Å². The standard InChI is InChI=1S/C15H21N3O2/c1-4-12(19)10-18(2)15-9-14(16-17-15)11-5-7-13(20-3)8-6-11/h5-9,12,19H,4,10H2,1-3H3,(H,16,17)/t12-/m1/s1. The second-order valence-electron chi connectivity index (χ2n) is 4.81. The van der Waals surface area contributed by atoms with Crippen LogP contribution in [0.2, 0.25) is 0 Å². The predicted octanol–water partition coefficient (Wildman–Crippen LogP) is 2.29. The van der Waals surface area contributed by atoms with Crippen LogP contribution < -0.4 is 9.64 Å². The van der Waals surface area contributed by atoms with Gasteiger partial charge in [-0.05, 0) is 36.2 Å². The Morgan fingerprint density at radius 3 is 2.65 bits per heavy atom. The van der Waals surface area contributed by atoms with Crippen molar-refractivity contribution in [2.75, 3.05) is 25.6 Å². The first-order chi connectivity index (χ1) is 9.63. The van der Waals surface area contributed by atoms with E-state index in [9.17, 15) is 5.11 Å². The lowest BCUT2D eigenvalue weighted by molar-refractivity contribution is 0.177. The molecule has 0 saturated heterocycles. The average molecular weight is 275 g/mol. The lowest BCUT2D eigenvalue weighted by Gasteiger charge is -2.18. The minimum atomic E-state index is -0.332. The highest BCUT2D eigenvalue weighted by Crippen LogP contribution is 2.23. The zero-order valence-electron chi connectivity index (χ0n) is 12.1. The fourth-order valence-corrected chi connectivity index (χ4v) is 1.96. The van der Waals surface area contributed by atoms with Gasteiger partial charge < -0.3 is 14.7 Å². The highest BCUT2D eigenvalue weighted by atomic mass is 16.5. The van der Waals surface area contributed by atoms with Crippen molar-refractivity contribution in [2.45, 2.75) is 19.4 Å². The number of nitrogens with zero attached hydrogens (tertiary/aromatic N) is 2. The molecule has 0 fully saturated rings. The van der Waals surface area contributed by atoms with Gasteiger partial charge in [-0.2, -0.15) is 5.10 Å². The van der Waals surface area contributed by atoms with Crippen molar-refractivity contribution in [3.63, 3.8) is 0 Å². The van der Waals surface area contributed by atoms with E-state index in [0.29, 0.717) is 6.54 Å². The van der Waals surface area contributed by atoms with Crippen molar-refractivity contribution in [3.05, 3.63) is 30.3 Å². The molecule has 0 bridgehead atoms. The lowest BCUT2D eigenvalue weighted by Crippen LogP contribution is -2.28. The van der Waals surface area contributed by atoms with E-state index in [0.717, 1.165) is 29.2 Å². The van der Waals surface area contributed by atoms with E-state index in [-0.39, 0.29) is 6.10 Å². The molecule has 2 N–H and O–H groups in total. The Balaban J connectivity index is 2.11. The number of aliphatic hydroxyl groups is 1. The summed E-state index contributed by atoms with van der Waals surface area (Å²) in [6, 6.07) is 9.78. The molecule has 0 unspecified atom stereocenters. The summed E-state index contributed by atoms with van der Waals surface area (Å²) in [4.78, 5) is 1.94. The molecular formula is C15H21N3O2. The molecular weight excluding hydrogens is 254 g/mol. The fraction of sp³-hybridized carbons (Fsp3) is 0.400. The molecule has 2 rings (SSSR count). The second-order valence-corrected chi connectivity index (χ2v) is 4.81. The van der Waals surface area contributed by atoms with Crippen molar-refractivity contribution >= 4 is 5.82 Å². The average Bonchev–Trinajstić information content (AvgIpc) is 2.97. The second kappa shape index (κ2) is 6.43. The normalized spacial score (nSPS) is 12.2. The van der Waals surface area contributed by atoms with E-state index in [1.807, 2.05) is 49.2 Å². The van der Waals surface area contributed by atoms with Crippen molar-refractivity contribution in [1.29, 1.82) is 0 Å². The summed E-state index contributed by atoms with van der Waals surface area (Å²) in [6.45, 7) is 2.54. The molecule has 0 saturated carbocycles. The zero-order chi connectivity index (χ0) is 14.5. The third-order valence-corrected chi connectivity index (χ3v) is 3.31. The molecule has 5 heteroatoms. The van der Waals surface area contributed by atoms with Crippen LogP contribution in [0.25, 0.3) is 11.3 Å². The molecule has 2 aromatic rings. The summed E-state index contributed by atoms with van der Waals surface area (Å²) in [7, 11) is 3.57. The minimum absolute atomic E-state index is 0.332. The number of ether oxygens (including phenoxy) is 1. The van der Waals surface area contributed by atoms with E-state index in [1.54, 1.807) is 7.11 Å². The molecule has 20 heavy (non-hydrogen) atoms. The van der Waals surface area contributed by atoms with Gasteiger partial charge in [0.15, 0.2) is 5.82 Å². The van der Waals surface area contributed by atoms with Gasteiger partial charge in [0.05, 0.1) is 18.9 Å². The molecule has 1 atom stereocenters. The third-order valence-electron chi connectivity index (χ3n) is 3.31. The van der Waals surface area contributed by atoms with Crippen LogP contribution in [0.5, 0.6) is 5.75 Å². The van der Waals surface area contributed by atoms with Gasteiger partial charge in [0.1, 0.15) is 5.75 Å². The quantitative estimate of drug-likeness (QED) is 0.849. The maximum atomic E-state index is 9.68. The van der Waals surface area contributed by atoms with Crippen LogP contribution in [0.3, 0.4) is 0 Å². The van der Waals surface area contributed by atoms with Crippen LogP contribution in [0, 0.1) is 0 Å². The molecule has 0 amide bonds. The number of aromatic nitrogens is 2. The number of aromatic amines is 1. The van der Waals surface area contributed by atoms with Gasteiger partial charge in [-0.3, -0.25) is 5.10 Å². The molecule has 1 heterocycles. The number of benzene rings is 1. The maximum Gasteiger partial charge on any atom is 0.150 e. The summed E-state index contributed by atoms with van der Waals surface area (Å²) in [5.41, 5.74) is 1.99. The van der Waals surface area contributed by atoms with Gasteiger partial charge in [-0.15, -0.1) is 0 Å². The third kappa shape index (κ3) is 3.30. The number of hydrogen-bond acceptors (Lipinski definition) is 4. The van der Waals surface area contributed by atoms with Crippen LogP contribution >= 0.6 is 0 Å². The molecule has 0 spiro atoms. The van der Waals surface area contributed by atoms with Crippen LogP contribution in [-0.2, 0) is 0 Å². The van der Waals surface area contributed by atoms with Gasteiger partial charge in [-0.25, -0.2) is 0 Å². The number of rotatable bonds is 6. The highest BCUT2D eigenvalue weighted by Gasteiger charge is 2.11.